The van der Waals surface area contributed by atoms with Gasteiger partial charge in [0.25, 0.3) is 5.91 Å². The van der Waals surface area contributed by atoms with Crippen LogP contribution < -0.4 is 19.7 Å². The van der Waals surface area contributed by atoms with Crippen LogP contribution in [0.25, 0.3) is 0 Å². The van der Waals surface area contributed by atoms with Crippen molar-refractivity contribution >= 4 is 21.4 Å². The maximum atomic E-state index is 13.6. The number of nitrogens with zero attached hydrogens (tertiary/aromatic N) is 1. The van der Waals surface area contributed by atoms with Crippen LogP contribution in [0.4, 0.5) is 23.2 Å². The predicted octanol–water partition coefficient (Wildman–Crippen LogP) is 5.69. The van der Waals surface area contributed by atoms with Gasteiger partial charge in [0, 0.05) is 35.7 Å². The number of benzene rings is 3. The topological polar surface area (TPSA) is 114 Å². The van der Waals surface area contributed by atoms with Crippen molar-refractivity contribution in [1.82, 2.24) is 5.32 Å². The van der Waals surface area contributed by atoms with Crippen molar-refractivity contribution in [2.45, 2.75) is 68.4 Å². The van der Waals surface area contributed by atoms with E-state index in [0.717, 1.165) is 5.56 Å². The Morgan fingerprint density at radius 1 is 1.04 bits per heavy atom. The number of carbonyl (C=O) groups is 1. The lowest BCUT2D eigenvalue weighted by atomic mass is 9.87. The molecule has 4 atom stereocenters. The molecule has 254 valence electrons. The molecule has 2 heterocycles. The summed E-state index contributed by atoms with van der Waals surface area (Å²) in [6.07, 6.45) is -2.67. The molecule has 0 bridgehead atoms. The van der Waals surface area contributed by atoms with Gasteiger partial charge >= 0.3 is 12.9 Å². The van der Waals surface area contributed by atoms with Crippen molar-refractivity contribution < 1.29 is 50.1 Å². The highest BCUT2D eigenvalue weighted by Crippen LogP contribution is 2.44. The number of fused-ring (bicyclic) bond motifs is 1. The van der Waals surface area contributed by atoms with E-state index >= 15 is 0 Å². The van der Waals surface area contributed by atoms with Crippen LogP contribution in [0, 0.1) is 0 Å². The summed E-state index contributed by atoms with van der Waals surface area (Å²) in [5, 5.41) is 13.0. The van der Waals surface area contributed by atoms with E-state index in [1.165, 1.54) is 24.3 Å². The van der Waals surface area contributed by atoms with Crippen molar-refractivity contribution in [1.29, 1.82) is 0 Å². The molecule has 0 saturated carbocycles. The summed E-state index contributed by atoms with van der Waals surface area (Å²) in [4.78, 5) is 15.3. The van der Waals surface area contributed by atoms with Gasteiger partial charge in [0.1, 0.15) is 0 Å². The molecule has 0 aromatic heterocycles. The third-order valence-electron chi connectivity index (χ3n) is 8.69. The van der Waals surface area contributed by atoms with Gasteiger partial charge in [-0.1, -0.05) is 25.1 Å². The minimum absolute atomic E-state index is 0.0346. The van der Waals surface area contributed by atoms with Gasteiger partial charge in [-0.05, 0) is 79.4 Å². The zero-order chi connectivity index (χ0) is 33.9. The molecule has 3 aromatic rings. The van der Waals surface area contributed by atoms with Crippen LogP contribution in [0.3, 0.4) is 0 Å². The molecule has 2 aliphatic rings. The van der Waals surface area contributed by atoms with E-state index in [0.29, 0.717) is 36.2 Å². The highest BCUT2D eigenvalue weighted by molar-refractivity contribution is 7.91. The van der Waals surface area contributed by atoms with Gasteiger partial charge in [-0.3, -0.25) is 4.79 Å². The fourth-order valence-corrected chi connectivity index (χ4v) is 6.91. The lowest BCUT2D eigenvalue weighted by molar-refractivity contribution is -0.286. The van der Waals surface area contributed by atoms with Crippen LogP contribution >= 0.6 is 0 Å². The first-order valence-corrected chi connectivity index (χ1v) is 16.9. The average Bonchev–Trinajstić information content (AvgIpc) is 3.37. The van der Waals surface area contributed by atoms with E-state index in [2.05, 4.69) is 19.5 Å². The Bertz CT molecular complexity index is 1660. The zero-order valence-corrected chi connectivity index (χ0v) is 26.6. The number of hydrogen-bond acceptors (Lipinski definition) is 8. The third-order valence-corrected chi connectivity index (χ3v) is 10.4. The van der Waals surface area contributed by atoms with Crippen LogP contribution in [0.5, 0.6) is 11.5 Å². The number of aliphatic hydroxyl groups excluding tert-OH is 1. The summed E-state index contributed by atoms with van der Waals surface area (Å²) >= 11 is 0. The monoisotopic (exact) mass is 680 g/mol. The number of anilines is 1. The second-order valence-electron chi connectivity index (χ2n) is 11.6. The Morgan fingerprint density at radius 3 is 2.36 bits per heavy atom. The number of carbonyl (C=O) groups excluding carboxylic acids is 1. The maximum absolute atomic E-state index is 13.6. The smallest absolute Gasteiger partial charge is 0.396 e. The Morgan fingerprint density at radius 2 is 1.72 bits per heavy atom. The lowest BCUT2D eigenvalue weighted by Crippen LogP contribution is -2.45. The summed E-state index contributed by atoms with van der Waals surface area (Å²) in [5.74, 6) is -1.22. The van der Waals surface area contributed by atoms with Gasteiger partial charge in [-0.15, -0.1) is 8.78 Å². The molecule has 0 spiro atoms. The quantitative estimate of drug-likeness (QED) is 0.235. The minimum atomic E-state index is -3.74. The number of amides is 1. The lowest BCUT2D eigenvalue weighted by Gasteiger charge is -2.41. The van der Waals surface area contributed by atoms with Crippen LogP contribution in [-0.4, -0.2) is 69.9 Å². The second-order valence-corrected chi connectivity index (χ2v) is 13.9. The van der Waals surface area contributed by atoms with Crippen molar-refractivity contribution in [2.75, 3.05) is 30.4 Å². The number of hydrogen-bond donors (Lipinski definition) is 2. The summed E-state index contributed by atoms with van der Waals surface area (Å²) in [7, 11) is -3.38. The Balaban J connectivity index is 1.29. The minimum Gasteiger partial charge on any atom is -0.396 e. The normalized spacial score (nSPS) is 20.2. The van der Waals surface area contributed by atoms with Gasteiger partial charge < -0.3 is 29.5 Å². The number of piperidine rings is 1. The van der Waals surface area contributed by atoms with Gasteiger partial charge in [0.2, 0.25) is 0 Å². The molecule has 2 N–H and O–H groups in total. The number of alkyl halides is 4. The number of aliphatic hydroxyl groups is 1. The average molecular weight is 681 g/mol. The SMILES string of the molecule is CCS(=O)(=O)c1ccc([C@H](CO)C(C)NC(=O)c2ccc(N3CC(c4ccc5c(c4)OC(F)(F)O5)CCC3COC(F)F)cc2)cc1. The fraction of sp³-hybridized carbons (Fsp3) is 0.424. The number of rotatable bonds is 12. The number of nitrogens with one attached hydrogen (secondary N) is 1. The standard InChI is InChI=1S/C33H36F4N2O7S/c1-3-47(42,43)27-13-7-21(8-14-27)28(18-40)20(2)38-31(41)22-4-10-25(11-5-22)39-17-24(6-12-26(39)19-44-32(34)35)23-9-15-29-30(16-23)46-33(36,37)45-29/h4-5,7-11,13-16,20,24,26,28,32,40H,3,6,12,17-19H2,1-2H3,(H,38,41)/t20?,24?,26?,28-/m1/s1. The van der Waals surface area contributed by atoms with E-state index in [-0.39, 0.29) is 41.3 Å². The number of ether oxygens (including phenoxy) is 3. The van der Waals surface area contributed by atoms with Gasteiger partial charge in [-0.25, -0.2) is 8.42 Å². The molecule has 1 fully saturated rings. The summed E-state index contributed by atoms with van der Waals surface area (Å²) in [6, 6.07) is 16.5. The molecule has 3 unspecified atom stereocenters. The van der Waals surface area contributed by atoms with Crippen molar-refractivity contribution in [3.63, 3.8) is 0 Å². The summed E-state index contributed by atoms with van der Waals surface area (Å²) < 4.78 is 91.1. The largest absolute Gasteiger partial charge is 0.586 e. The molecule has 47 heavy (non-hydrogen) atoms. The van der Waals surface area contributed by atoms with Crippen molar-refractivity contribution in [3.05, 3.63) is 83.4 Å². The third kappa shape index (κ3) is 7.99. The first kappa shape index (κ1) is 34.5. The molecule has 2 aliphatic heterocycles. The first-order valence-electron chi connectivity index (χ1n) is 15.2. The summed E-state index contributed by atoms with van der Waals surface area (Å²) in [5.41, 5.74) is 2.38. The second kappa shape index (κ2) is 14.1. The van der Waals surface area contributed by atoms with Gasteiger partial charge in [0.15, 0.2) is 21.3 Å². The van der Waals surface area contributed by atoms with Crippen molar-refractivity contribution in [3.8, 4) is 11.5 Å². The molecule has 0 radical (unpaired) electrons. The number of sulfone groups is 1. The van der Waals surface area contributed by atoms with E-state index in [1.54, 1.807) is 56.3 Å². The highest BCUT2D eigenvalue weighted by Gasteiger charge is 2.44. The van der Waals surface area contributed by atoms with E-state index in [1.807, 2.05) is 4.90 Å². The Kier molecular flexibility index (Phi) is 10.3. The van der Waals surface area contributed by atoms with Gasteiger partial charge in [0.05, 0.1) is 29.9 Å². The van der Waals surface area contributed by atoms with E-state index in [4.69, 9.17) is 0 Å². The molecule has 5 rings (SSSR count). The van der Waals surface area contributed by atoms with Crippen molar-refractivity contribution in [2.24, 2.45) is 0 Å². The Labute approximate surface area is 270 Å². The molecule has 1 saturated heterocycles. The van der Waals surface area contributed by atoms with Gasteiger partial charge in [-0.2, -0.15) is 8.78 Å². The molecule has 0 aliphatic carbocycles. The molecule has 3 aromatic carbocycles. The maximum Gasteiger partial charge on any atom is 0.586 e. The fourth-order valence-electron chi connectivity index (χ4n) is 6.03. The van der Waals surface area contributed by atoms with E-state index in [9.17, 15) is 35.9 Å². The molecule has 14 heteroatoms. The predicted molar refractivity (Wildman–Crippen MR) is 165 cm³/mol. The van der Waals surface area contributed by atoms with Crippen LogP contribution in [-0.2, 0) is 14.6 Å². The number of halogens is 4. The first-order chi connectivity index (χ1) is 22.3. The van der Waals surface area contributed by atoms with Crippen LogP contribution in [0.1, 0.15) is 60.0 Å². The zero-order valence-electron chi connectivity index (χ0n) is 25.7. The highest BCUT2D eigenvalue weighted by atomic mass is 32.2. The van der Waals surface area contributed by atoms with E-state index < -0.39 is 46.7 Å². The van der Waals surface area contributed by atoms with Crippen LogP contribution in [0.15, 0.2) is 71.6 Å². The molecule has 1 amide bonds. The van der Waals surface area contributed by atoms with Crippen LogP contribution in [0.2, 0.25) is 0 Å². The molecule has 9 nitrogen and oxygen atoms in total. The molecular weight excluding hydrogens is 644 g/mol. The summed E-state index contributed by atoms with van der Waals surface area (Å²) in [6.45, 7) is 0.204. The molecular formula is C33H36F4N2O7S. The Hall–Kier alpha value is -3.88.